The normalized spacial score (nSPS) is 14.1. The molecule has 1 aromatic carbocycles. The monoisotopic (exact) mass is 257 g/mol. The van der Waals surface area contributed by atoms with Crippen molar-refractivity contribution in [2.45, 2.75) is 18.4 Å². The molecule has 0 aliphatic heterocycles. The maximum Gasteiger partial charge on any atom is 0.337 e. The number of halogens is 1. The topological polar surface area (TPSA) is 101 Å². The molecule has 0 amide bonds. The first kappa shape index (κ1) is 13.5. The molecule has 0 aliphatic carbocycles. The Morgan fingerprint density at radius 1 is 1.35 bits per heavy atom. The zero-order valence-electron chi connectivity index (χ0n) is 9.05. The van der Waals surface area contributed by atoms with Crippen LogP contribution in [0.3, 0.4) is 0 Å². The Hall–Kier alpha value is -1.59. The summed E-state index contributed by atoms with van der Waals surface area (Å²) in [5.41, 5.74) is 6.17. The highest BCUT2D eigenvalue weighted by Gasteiger charge is 2.25. The van der Waals surface area contributed by atoms with Gasteiger partial charge < -0.3 is 15.9 Å². The molecule has 6 heteroatoms. The first-order valence-corrected chi connectivity index (χ1v) is 5.23. The number of carboxylic acids is 1. The average Bonchev–Trinajstić information content (AvgIpc) is 2.26. The van der Waals surface area contributed by atoms with Gasteiger partial charge in [-0.2, -0.15) is 0 Å². The van der Waals surface area contributed by atoms with Crippen molar-refractivity contribution in [1.29, 1.82) is 0 Å². The van der Waals surface area contributed by atoms with Crippen LogP contribution < -0.4 is 5.73 Å². The number of aliphatic hydroxyl groups excluding tert-OH is 1. The molecule has 0 aliphatic rings. The molecule has 0 radical (unpaired) electrons. The van der Waals surface area contributed by atoms with Crippen molar-refractivity contribution < 1.29 is 19.8 Å². The Bertz CT molecular complexity index is 461. The molecule has 0 heterocycles. The third kappa shape index (κ3) is 2.95. The molecule has 1 rings (SSSR count). The number of hydrogen-bond donors (Lipinski definition) is 3. The fraction of sp³-hybridized carbons (Fsp3) is 0.273. The minimum absolute atomic E-state index is 0.0712. The summed E-state index contributed by atoms with van der Waals surface area (Å²) < 4.78 is 0. The Morgan fingerprint density at radius 2 is 1.94 bits per heavy atom. The van der Waals surface area contributed by atoms with Crippen LogP contribution in [-0.2, 0) is 9.59 Å². The number of aliphatic carboxylic acids is 1. The zero-order chi connectivity index (χ0) is 13.2. The number of nitrogens with two attached hydrogens (primary N) is 1. The van der Waals surface area contributed by atoms with E-state index in [4.69, 9.17) is 22.4 Å². The Morgan fingerprint density at radius 3 is 2.41 bits per heavy atom. The van der Waals surface area contributed by atoms with E-state index in [1.165, 1.54) is 25.1 Å². The van der Waals surface area contributed by atoms with E-state index in [1.54, 1.807) is 0 Å². The number of anilines is 1. The summed E-state index contributed by atoms with van der Waals surface area (Å²) in [4.78, 5) is 21.9. The van der Waals surface area contributed by atoms with Gasteiger partial charge in [0.25, 0.3) is 0 Å². The number of carbonyl (C=O) groups is 2. The number of Topliss-reactive ketones (excluding diaryl/α,β-unsaturated/α-hetero) is 1. The molecule has 0 spiro atoms. The molecule has 0 aromatic heterocycles. The average molecular weight is 258 g/mol. The van der Waals surface area contributed by atoms with Gasteiger partial charge in [-0.1, -0.05) is 6.07 Å². The van der Waals surface area contributed by atoms with Gasteiger partial charge in [-0.15, -0.1) is 11.6 Å². The first-order chi connectivity index (χ1) is 7.84. The number of benzene rings is 1. The van der Waals surface area contributed by atoms with Crippen molar-refractivity contribution in [1.82, 2.24) is 0 Å². The van der Waals surface area contributed by atoms with Gasteiger partial charge in [0.1, 0.15) is 5.38 Å². The fourth-order valence-corrected chi connectivity index (χ4v) is 1.60. The van der Waals surface area contributed by atoms with Crippen LogP contribution in [0, 0.1) is 0 Å². The first-order valence-electron chi connectivity index (χ1n) is 4.79. The van der Waals surface area contributed by atoms with Crippen LogP contribution >= 0.6 is 11.6 Å². The SMILES string of the molecule is CC(=O)C(Cl)c1cc(N)ccc1C(O)C(=O)O. The van der Waals surface area contributed by atoms with Crippen LogP contribution in [0.4, 0.5) is 5.69 Å². The third-order valence-corrected chi connectivity index (χ3v) is 2.81. The van der Waals surface area contributed by atoms with Gasteiger partial charge in [0.05, 0.1) is 0 Å². The minimum atomic E-state index is -1.73. The number of carbonyl (C=O) groups excluding carboxylic acids is 1. The molecule has 0 saturated heterocycles. The van der Waals surface area contributed by atoms with Crippen LogP contribution in [0.25, 0.3) is 0 Å². The van der Waals surface area contributed by atoms with Gasteiger partial charge in [0.2, 0.25) is 0 Å². The van der Waals surface area contributed by atoms with Crippen molar-refractivity contribution in [3.05, 3.63) is 29.3 Å². The highest BCUT2D eigenvalue weighted by atomic mass is 35.5. The van der Waals surface area contributed by atoms with E-state index in [2.05, 4.69) is 0 Å². The van der Waals surface area contributed by atoms with Gasteiger partial charge >= 0.3 is 5.97 Å². The molecule has 17 heavy (non-hydrogen) atoms. The summed E-state index contributed by atoms with van der Waals surface area (Å²) in [5.74, 6) is -1.76. The molecule has 92 valence electrons. The smallest absolute Gasteiger partial charge is 0.337 e. The lowest BCUT2D eigenvalue weighted by Gasteiger charge is -2.15. The molecule has 2 unspecified atom stereocenters. The van der Waals surface area contributed by atoms with Crippen LogP contribution in [-0.4, -0.2) is 22.0 Å². The van der Waals surface area contributed by atoms with Crippen molar-refractivity contribution >= 4 is 29.0 Å². The van der Waals surface area contributed by atoms with Crippen LogP contribution in [0.2, 0.25) is 0 Å². The highest BCUT2D eigenvalue weighted by molar-refractivity contribution is 6.31. The lowest BCUT2D eigenvalue weighted by atomic mass is 9.97. The molecule has 4 N–H and O–H groups in total. The largest absolute Gasteiger partial charge is 0.479 e. The van der Waals surface area contributed by atoms with Crippen LogP contribution in [0.1, 0.15) is 29.5 Å². The maximum absolute atomic E-state index is 11.2. The molecule has 0 saturated carbocycles. The van der Waals surface area contributed by atoms with E-state index in [-0.39, 0.29) is 16.9 Å². The number of rotatable bonds is 4. The van der Waals surface area contributed by atoms with Crippen molar-refractivity contribution in [2.75, 3.05) is 5.73 Å². The van der Waals surface area contributed by atoms with Gasteiger partial charge in [0, 0.05) is 5.69 Å². The van der Waals surface area contributed by atoms with Gasteiger partial charge in [-0.3, -0.25) is 4.79 Å². The number of alkyl halides is 1. The second-order valence-corrected chi connectivity index (χ2v) is 4.04. The van der Waals surface area contributed by atoms with Gasteiger partial charge in [-0.25, -0.2) is 4.79 Å². The van der Waals surface area contributed by atoms with Crippen molar-refractivity contribution in [3.8, 4) is 0 Å². The molecule has 2 atom stereocenters. The maximum atomic E-state index is 11.2. The van der Waals surface area contributed by atoms with E-state index >= 15 is 0 Å². The summed E-state index contributed by atoms with van der Waals surface area (Å²) in [6, 6.07) is 4.18. The minimum Gasteiger partial charge on any atom is -0.479 e. The quantitative estimate of drug-likeness (QED) is 0.557. The predicted octanol–water partition coefficient (Wildman–Crippen LogP) is 1.26. The molecule has 1 aromatic rings. The second kappa shape index (κ2) is 5.16. The number of aliphatic hydroxyl groups is 1. The summed E-state index contributed by atoms with van der Waals surface area (Å²) in [5, 5.41) is 17.2. The predicted molar refractivity (Wildman–Crippen MR) is 62.7 cm³/mol. The zero-order valence-corrected chi connectivity index (χ0v) is 9.81. The second-order valence-electron chi connectivity index (χ2n) is 3.60. The van der Waals surface area contributed by atoms with E-state index in [9.17, 15) is 14.7 Å². The Labute approximate surface area is 103 Å². The molecular weight excluding hydrogens is 246 g/mol. The number of nitrogen functional groups attached to an aromatic ring is 1. The number of ketones is 1. The lowest BCUT2D eigenvalue weighted by molar-refractivity contribution is -0.147. The number of hydrogen-bond acceptors (Lipinski definition) is 4. The summed E-state index contributed by atoms with van der Waals surface area (Å²) >= 11 is 5.86. The standard InChI is InChI=1S/C11H12ClNO4/c1-5(14)9(12)8-4-6(13)2-3-7(8)10(15)11(16)17/h2-4,9-10,15H,13H2,1H3,(H,16,17). The van der Waals surface area contributed by atoms with Gasteiger partial charge in [0.15, 0.2) is 11.9 Å². The third-order valence-electron chi connectivity index (χ3n) is 2.27. The van der Waals surface area contributed by atoms with E-state index in [0.29, 0.717) is 5.69 Å². The molecule has 5 nitrogen and oxygen atoms in total. The van der Waals surface area contributed by atoms with E-state index in [1.807, 2.05) is 0 Å². The van der Waals surface area contributed by atoms with E-state index < -0.39 is 17.5 Å². The molecular formula is C11H12ClNO4. The van der Waals surface area contributed by atoms with Gasteiger partial charge in [-0.05, 0) is 30.2 Å². The number of carboxylic acid groups (broad SMARTS) is 1. The molecule has 0 bridgehead atoms. The summed E-state index contributed by atoms with van der Waals surface area (Å²) in [6.07, 6.45) is -1.73. The lowest BCUT2D eigenvalue weighted by Crippen LogP contribution is -2.15. The highest BCUT2D eigenvalue weighted by Crippen LogP contribution is 2.30. The Kier molecular flexibility index (Phi) is 4.09. The van der Waals surface area contributed by atoms with Crippen LogP contribution in [0.15, 0.2) is 18.2 Å². The van der Waals surface area contributed by atoms with Crippen molar-refractivity contribution in [3.63, 3.8) is 0 Å². The van der Waals surface area contributed by atoms with Crippen molar-refractivity contribution in [2.24, 2.45) is 0 Å². The fourth-order valence-electron chi connectivity index (χ4n) is 1.41. The molecule has 0 fully saturated rings. The van der Waals surface area contributed by atoms with Crippen LogP contribution in [0.5, 0.6) is 0 Å². The van der Waals surface area contributed by atoms with E-state index in [0.717, 1.165) is 0 Å². The summed E-state index contributed by atoms with van der Waals surface area (Å²) in [7, 11) is 0. The summed E-state index contributed by atoms with van der Waals surface area (Å²) in [6.45, 7) is 1.28. The Balaban J connectivity index is 3.30.